The largest absolute Gasteiger partial charge is 0.504 e. The van der Waals surface area contributed by atoms with Gasteiger partial charge in [-0.3, -0.25) is 4.99 Å². The summed E-state index contributed by atoms with van der Waals surface area (Å²) in [5.74, 6) is 1.72. The molecule has 0 atom stereocenters. The Morgan fingerprint density at radius 1 is 0.871 bits per heavy atom. The first-order valence-electron chi connectivity index (χ1n) is 9.91. The molecule has 1 heterocycles. The van der Waals surface area contributed by atoms with Crippen LogP contribution in [0.4, 0.5) is 5.69 Å². The molecule has 0 radical (unpaired) electrons. The van der Waals surface area contributed by atoms with E-state index < -0.39 is 0 Å². The molecule has 0 bridgehead atoms. The van der Waals surface area contributed by atoms with E-state index in [-0.39, 0.29) is 5.75 Å². The minimum Gasteiger partial charge on any atom is -0.504 e. The van der Waals surface area contributed by atoms with E-state index in [0.717, 1.165) is 5.56 Å². The fraction of sp³-hybridized carbons (Fsp3) is 0.409. The monoisotopic (exact) mass is 543 g/mol. The smallest absolute Gasteiger partial charge is 0.171 e. The molecule has 9 heteroatoms. The molecule has 8 nitrogen and oxygen atoms in total. The topological polar surface area (TPSA) is 88.0 Å². The standard InChI is InChI=1S/C22H26INO7/c1-26-21-13-16(12-18(23)22(21)25)15-24-17-2-3-19-20(14-17)31-11-9-29-7-5-27-4-6-28-8-10-30-19/h2-3,12-15,25H,4-11H2,1H3. The van der Waals surface area contributed by atoms with Crippen molar-refractivity contribution in [2.24, 2.45) is 4.99 Å². The third kappa shape index (κ3) is 7.53. The molecule has 0 saturated heterocycles. The Kier molecular flexibility index (Phi) is 9.66. The summed E-state index contributed by atoms with van der Waals surface area (Å²) in [5, 5.41) is 9.99. The third-order valence-electron chi connectivity index (χ3n) is 4.28. The zero-order valence-electron chi connectivity index (χ0n) is 17.3. The molecule has 1 aliphatic heterocycles. The Morgan fingerprint density at radius 3 is 2.13 bits per heavy atom. The highest BCUT2D eigenvalue weighted by molar-refractivity contribution is 14.1. The lowest BCUT2D eigenvalue weighted by molar-refractivity contribution is 0.00708. The fourth-order valence-corrected chi connectivity index (χ4v) is 3.37. The molecule has 0 amide bonds. The van der Waals surface area contributed by atoms with E-state index in [1.165, 1.54) is 7.11 Å². The maximum absolute atomic E-state index is 9.99. The second-order valence-electron chi connectivity index (χ2n) is 6.48. The summed E-state index contributed by atoms with van der Waals surface area (Å²) in [6.45, 7) is 3.76. The summed E-state index contributed by atoms with van der Waals surface area (Å²) in [7, 11) is 1.51. The van der Waals surface area contributed by atoms with Crippen LogP contribution < -0.4 is 14.2 Å². The molecule has 2 aromatic rings. The van der Waals surface area contributed by atoms with Crippen molar-refractivity contribution >= 4 is 34.5 Å². The molecule has 0 aliphatic carbocycles. The molecule has 3 rings (SSSR count). The van der Waals surface area contributed by atoms with Gasteiger partial charge in [-0.1, -0.05) is 0 Å². The average molecular weight is 543 g/mol. The first-order chi connectivity index (χ1) is 15.2. The Bertz CT molecular complexity index is 875. The van der Waals surface area contributed by atoms with Crippen LogP contribution in [0, 0.1) is 3.57 Å². The van der Waals surface area contributed by atoms with Crippen LogP contribution in [0.25, 0.3) is 0 Å². The van der Waals surface area contributed by atoms with E-state index in [1.54, 1.807) is 12.3 Å². The van der Waals surface area contributed by atoms with Gasteiger partial charge in [0, 0.05) is 12.3 Å². The molecule has 0 fully saturated rings. The second kappa shape index (κ2) is 12.7. The van der Waals surface area contributed by atoms with E-state index in [9.17, 15) is 5.11 Å². The Morgan fingerprint density at radius 2 is 1.48 bits per heavy atom. The van der Waals surface area contributed by atoms with Gasteiger partial charge in [-0.05, 0) is 52.4 Å². The van der Waals surface area contributed by atoms with Gasteiger partial charge in [0.05, 0.1) is 56.0 Å². The number of phenols is 1. The van der Waals surface area contributed by atoms with Gasteiger partial charge in [-0.15, -0.1) is 0 Å². The molecule has 0 saturated carbocycles. The number of aliphatic imine (C=N–C) groups is 1. The molecule has 0 spiro atoms. The number of halogens is 1. The SMILES string of the molecule is COc1cc(C=Nc2ccc3c(c2)OCCOCCOCCOCCO3)cc(I)c1O. The third-order valence-corrected chi connectivity index (χ3v) is 5.10. The molecule has 1 aliphatic rings. The quantitative estimate of drug-likeness (QED) is 0.468. The predicted molar refractivity (Wildman–Crippen MR) is 125 cm³/mol. The highest BCUT2D eigenvalue weighted by Gasteiger charge is 2.09. The van der Waals surface area contributed by atoms with Crippen molar-refractivity contribution < 1.29 is 33.5 Å². The van der Waals surface area contributed by atoms with Gasteiger partial charge in [0.15, 0.2) is 23.0 Å². The molecule has 1 N–H and O–H groups in total. The lowest BCUT2D eigenvalue weighted by Crippen LogP contribution is -2.13. The maximum Gasteiger partial charge on any atom is 0.171 e. The molecule has 2 aromatic carbocycles. The van der Waals surface area contributed by atoms with Gasteiger partial charge in [-0.2, -0.15) is 0 Å². The van der Waals surface area contributed by atoms with Gasteiger partial charge in [-0.25, -0.2) is 0 Å². The summed E-state index contributed by atoms with van der Waals surface area (Å²) in [6.07, 6.45) is 1.70. The fourth-order valence-electron chi connectivity index (χ4n) is 2.75. The van der Waals surface area contributed by atoms with Crippen LogP contribution in [0.3, 0.4) is 0 Å². The highest BCUT2D eigenvalue weighted by Crippen LogP contribution is 2.33. The predicted octanol–water partition coefficient (Wildman–Crippen LogP) is 3.58. The highest BCUT2D eigenvalue weighted by atomic mass is 127. The summed E-state index contributed by atoms with van der Waals surface area (Å²) in [6, 6.07) is 9.04. The zero-order valence-corrected chi connectivity index (χ0v) is 19.5. The van der Waals surface area contributed by atoms with E-state index >= 15 is 0 Å². The second-order valence-corrected chi connectivity index (χ2v) is 7.64. The Balaban J connectivity index is 1.73. The van der Waals surface area contributed by atoms with Crippen molar-refractivity contribution in [1.82, 2.24) is 0 Å². The first-order valence-corrected chi connectivity index (χ1v) is 11.0. The van der Waals surface area contributed by atoms with Crippen molar-refractivity contribution in [3.63, 3.8) is 0 Å². The van der Waals surface area contributed by atoms with Crippen LogP contribution in [0.2, 0.25) is 0 Å². The van der Waals surface area contributed by atoms with E-state index in [1.807, 2.05) is 24.3 Å². The number of benzene rings is 2. The molecule has 0 unspecified atom stereocenters. The maximum atomic E-state index is 9.99. The number of fused-ring (bicyclic) bond motifs is 1. The molecular formula is C22H26INO7. The minimum atomic E-state index is 0.116. The summed E-state index contributed by atoms with van der Waals surface area (Å²) < 4.78 is 34.0. The zero-order chi connectivity index (χ0) is 21.9. The van der Waals surface area contributed by atoms with Crippen LogP contribution in [-0.2, 0) is 14.2 Å². The van der Waals surface area contributed by atoms with Gasteiger partial charge < -0.3 is 33.5 Å². The lowest BCUT2D eigenvalue weighted by atomic mass is 10.2. The number of rotatable bonds is 3. The van der Waals surface area contributed by atoms with Gasteiger partial charge in [0.1, 0.15) is 13.2 Å². The van der Waals surface area contributed by atoms with Crippen LogP contribution in [0.15, 0.2) is 35.3 Å². The molecular weight excluding hydrogens is 517 g/mol. The first kappa shape index (κ1) is 23.6. The van der Waals surface area contributed by atoms with Crippen LogP contribution in [-0.4, -0.2) is 71.3 Å². The average Bonchev–Trinajstić information content (AvgIpc) is 2.78. The van der Waals surface area contributed by atoms with Crippen molar-refractivity contribution in [2.45, 2.75) is 0 Å². The number of aromatic hydroxyl groups is 1. The number of phenolic OH excluding ortho intramolecular Hbond substituents is 1. The number of hydrogen-bond donors (Lipinski definition) is 1. The van der Waals surface area contributed by atoms with E-state index in [2.05, 4.69) is 27.6 Å². The van der Waals surface area contributed by atoms with Gasteiger partial charge in [0.2, 0.25) is 0 Å². The number of methoxy groups -OCH3 is 1. The Hall–Kier alpha value is -2.08. The number of hydrogen-bond acceptors (Lipinski definition) is 8. The van der Waals surface area contributed by atoms with Crippen molar-refractivity contribution in [1.29, 1.82) is 0 Å². The minimum absolute atomic E-state index is 0.116. The van der Waals surface area contributed by atoms with Crippen LogP contribution in [0.5, 0.6) is 23.0 Å². The summed E-state index contributed by atoms with van der Waals surface area (Å²) in [4.78, 5) is 4.53. The normalized spacial score (nSPS) is 16.5. The lowest BCUT2D eigenvalue weighted by Gasteiger charge is -2.13. The summed E-state index contributed by atoms with van der Waals surface area (Å²) in [5.41, 5.74) is 1.51. The van der Waals surface area contributed by atoms with Crippen molar-refractivity contribution in [2.75, 3.05) is 60.0 Å². The molecule has 31 heavy (non-hydrogen) atoms. The Labute approximate surface area is 195 Å². The van der Waals surface area contributed by atoms with E-state index in [4.69, 9.17) is 28.4 Å². The van der Waals surface area contributed by atoms with Crippen molar-refractivity contribution in [3.05, 3.63) is 39.5 Å². The molecule has 168 valence electrons. The summed E-state index contributed by atoms with van der Waals surface area (Å²) >= 11 is 2.05. The van der Waals surface area contributed by atoms with Gasteiger partial charge in [0.25, 0.3) is 0 Å². The van der Waals surface area contributed by atoms with Crippen molar-refractivity contribution in [3.8, 4) is 23.0 Å². The number of ether oxygens (including phenoxy) is 6. The van der Waals surface area contributed by atoms with Crippen LogP contribution >= 0.6 is 22.6 Å². The number of nitrogens with zero attached hydrogens (tertiary/aromatic N) is 1. The molecule has 0 aromatic heterocycles. The van der Waals surface area contributed by atoms with E-state index in [0.29, 0.717) is 79.4 Å². The van der Waals surface area contributed by atoms with Gasteiger partial charge >= 0.3 is 0 Å². The van der Waals surface area contributed by atoms with Crippen LogP contribution in [0.1, 0.15) is 5.56 Å².